The van der Waals surface area contributed by atoms with E-state index in [1.807, 2.05) is 6.07 Å². The molecule has 1 fully saturated rings. The topological polar surface area (TPSA) is 46.4 Å². The number of piperidine rings is 1. The third-order valence-electron chi connectivity index (χ3n) is 3.88. The van der Waals surface area contributed by atoms with Gasteiger partial charge in [-0.2, -0.15) is 0 Å². The summed E-state index contributed by atoms with van der Waals surface area (Å²) >= 11 is 5.93. The number of rotatable bonds is 3. The van der Waals surface area contributed by atoms with Crippen molar-refractivity contribution in [3.05, 3.63) is 33.9 Å². The summed E-state index contributed by atoms with van der Waals surface area (Å²) in [5.41, 5.74) is 2.38. The lowest BCUT2D eigenvalue weighted by Crippen LogP contribution is -2.37. The molecule has 1 aromatic rings. The van der Waals surface area contributed by atoms with Crippen molar-refractivity contribution in [2.75, 3.05) is 18.0 Å². The van der Waals surface area contributed by atoms with Crippen LogP contribution in [0.3, 0.4) is 0 Å². The largest absolute Gasteiger partial charge is 0.371 e. The molecule has 0 aromatic heterocycles. The molecular formula is C14H19ClN2O2. The molecule has 0 amide bonds. The summed E-state index contributed by atoms with van der Waals surface area (Å²) in [6.45, 7) is 6.52. The first-order chi connectivity index (χ1) is 8.93. The smallest absolute Gasteiger partial charge is 0.269 e. The first-order valence-electron chi connectivity index (χ1n) is 6.51. The lowest BCUT2D eigenvalue weighted by molar-refractivity contribution is -0.384. The Morgan fingerprint density at radius 3 is 2.53 bits per heavy atom. The molecule has 0 spiro atoms. The molecule has 1 aliphatic heterocycles. The molecule has 0 N–H and O–H groups in total. The lowest BCUT2D eigenvalue weighted by atomic mass is 9.82. The summed E-state index contributed by atoms with van der Waals surface area (Å²) in [5.74, 6) is 0.302. The van der Waals surface area contributed by atoms with Crippen LogP contribution in [0.5, 0.6) is 0 Å². The molecule has 2 rings (SSSR count). The minimum Gasteiger partial charge on any atom is -0.371 e. The highest BCUT2D eigenvalue weighted by atomic mass is 35.5. The van der Waals surface area contributed by atoms with Gasteiger partial charge in [-0.1, -0.05) is 13.8 Å². The van der Waals surface area contributed by atoms with E-state index in [9.17, 15) is 10.1 Å². The van der Waals surface area contributed by atoms with Crippen LogP contribution < -0.4 is 4.90 Å². The number of hydrogen-bond donors (Lipinski definition) is 0. The Labute approximate surface area is 118 Å². The molecule has 1 aliphatic rings. The number of halogens is 1. The fourth-order valence-electron chi connectivity index (χ4n) is 2.45. The Balaban J connectivity index is 2.23. The Morgan fingerprint density at radius 1 is 1.37 bits per heavy atom. The molecule has 0 aliphatic carbocycles. The lowest BCUT2D eigenvalue weighted by Gasteiger charge is -2.38. The molecule has 4 nitrogen and oxygen atoms in total. The van der Waals surface area contributed by atoms with Crippen molar-refractivity contribution in [2.24, 2.45) is 5.41 Å². The van der Waals surface area contributed by atoms with Crippen molar-refractivity contribution < 1.29 is 4.92 Å². The van der Waals surface area contributed by atoms with E-state index in [0.29, 0.717) is 11.3 Å². The molecule has 1 aromatic carbocycles. The van der Waals surface area contributed by atoms with Crippen molar-refractivity contribution in [3.8, 4) is 0 Å². The standard InChI is InChI=1S/C14H19ClN2O2/c1-14(2)5-7-16(8-6-14)13-4-3-12(17(18)19)9-11(13)10-15/h3-4,9H,5-8,10H2,1-2H3. The van der Waals surface area contributed by atoms with Crippen LogP contribution in [0.4, 0.5) is 11.4 Å². The maximum Gasteiger partial charge on any atom is 0.269 e. The zero-order valence-corrected chi connectivity index (χ0v) is 12.1. The number of nitro benzene ring substituents is 1. The third-order valence-corrected chi connectivity index (χ3v) is 4.16. The average molecular weight is 283 g/mol. The molecule has 1 saturated heterocycles. The molecule has 0 saturated carbocycles. The van der Waals surface area contributed by atoms with Crippen molar-refractivity contribution >= 4 is 23.0 Å². The van der Waals surface area contributed by atoms with Crippen molar-refractivity contribution in [2.45, 2.75) is 32.6 Å². The summed E-state index contributed by atoms with van der Waals surface area (Å²) in [5, 5.41) is 10.8. The minimum absolute atomic E-state index is 0.108. The van der Waals surface area contributed by atoms with Gasteiger partial charge in [0.25, 0.3) is 5.69 Å². The van der Waals surface area contributed by atoms with Gasteiger partial charge in [0.15, 0.2) is 0 Å². The fourth-order valence-corrected chi connectivity index (χ4v) is 2.67. The van der Waals surface area contributed by atoms with Gasteiger partial charge < -0.3 is 4.90 Å². The van der Waals surface area contributed by atoms with Crippen molar-refractivity contribution in [1.82, 2.24) is 0 Å². The van der Waals surface area contributed by atoms with E-state index in [4.69, 9.17) is 11.6 Å². The molecule has 5 heteroatoms. The SMILES string of the molecule is CC1(C)CCN(c2ccc([N+](=O)[O-])cc2CCl)CC1. The first-order valence-corrected chi connectivity index (χ1v) is 7.05. The van der Waals surface area contributed by atoms with Gasteiger partial charge in [0.1, 0.15) is 0 Å². The second-order valence-corrected chi connectivity index (χ2v) is 6.12. The van der Waals surface area contributed by atoms with Gasteiger partial charge in [0.2, 0.25) is 0 Å². The quantitative estimate of drug-likeness (QED) is 0.479. The highest BCUT2D eigenvalue weighted by molar-refractivity contribution is 6.17. The fraction of sp³-hybridized carbons (Fsp3) is 0.571. The summed E-state index contributed by atoms with van der Waals surface area (Å²) in [6.07, 6.45) is 2.26. The van der Waals surface area contributed by atoms with E-state index in [2.05, 4.69) is 18.7 Å². The zero-order valence-electron chi connectivity index (χ0n) is 11.4. The van der Waals surface area contributed by atoms with E-state index >= 15 is 0 Å². The Bertz CT molecular complexity index is 478. The normalized spacial score (nSPS) is 18.4. The van der Waals surface area contributed by atoms with Crippen molar-refractivity contribution in [1.29, 1.82) is 0 Å². The zero-order chi connectivity index (χ0) is 14.0. The van der Waals surface area contributed by atoms with Crippen molar-refractivity contribution in [3.63, 3.8) is 0 Å². The van der Waals surface area contributed by atoms with Crippen LogP contribution in [-0.4, -0.2) is 18.0 Å². The van der Waals surface area contributed by atoms with Crippen LogP contribution in [0.2, 0.25) is 0 Å². The molecule has 104 valence electrons. The number of alkyl halides is 1. The van der Waals surface area contributed by atoms with Crippen LogP contribution in [0, 0.1) is 15.5 Å². The Hall–Kier alpha value is -1.29. The highest BCUT2D eigenvalue weighted by Gasteiger charge is 2.26. The van der Waals surface area contributed by atoms with E-state index in [0.717, 1.165) is 37.2 Å². The molecule has 0 bridgehead atoms. The number of nitrogens with zero attached hydrogens (tertiary/aromatic N) is 2. The number of benzene rings is 1. The summed E-state index contributed by atoms with van der Waals surface area (Å²) in [7, 11) is 0. The van der Waals surface area contributed by atoms with E-state index in [1.54, 1.807) is 12.1 Å². The predicted octanol–water partition coefficient (Wildman–Crippen LogP) is 3.96. The van der Waals surface area contributed by atoms with Crippen LogP contribution in [0.15, 0.2) is 18.2 Å². The van der Waals surface area contributed by atoms with Crippen LogP contribution in [0.1, 0.15) is 32.3 Å². The van der Waals surface area contributed by atoms with Gasteiger partial charge in [0, 0.05) is 36.8 Å². The maximum absolute atomic E-state index is 10.8. The molecule has 0 radical (unpaired) electrons. The van der Waals surface area contributed by atoms with Gasteiger partial charge in [0.05, 0.1) is 4.92 Å². The van der Waals surface area contributed by atoms with E-state index < -0.39 is 0 Å². The van der Waals surface area contributed by atoms with Gasteiger partial charge >= 0.3 is 0 Å². The van der Waals surface area contributed by atoms with E-state index in [1.165, 1.54) is 0 Å². The van der Waals surface area contributed by atoms with Gasteiger partial charge in [-0.05, 0) is 29.9 Å². The minimum atomic E-state index is -0.376. The number of hydrogen-bond acceptors (Lipinski definition) is 3. The van der Waals surface area contributed by atoms with Gasteiger partial charge in [-0.15, -0.1) is 11.6 Å². The van der Waals surface area contributed by atoms with Gasteiger partial charge in [-0.25, -0.2) is 0 Å². The number of anilines is 1. The Morgan fingerprint density at radius 2 is 2.00 bits per heavy atom. The van der Waals surface area contributed by atoms with Gasteiger partial charge in [-0.3, -0.25) is 10.1 Å². The molecule has 19 heavy (non-hydrogen) atoms. The highest BCUT2D eigenvalue weighted by Crippen LogP contribution is 2.34. The molecule has 1 heterocycles. The van der Waals surface area contributed by atoms with Crippen LogP contribution in [0.25, 0.3) is 0 Å². The number of non-ortho nitro benzene ring substituents is 1. The number of nitro groups is 1. The summed E-state index contributed by atoms with van der Waals surface area (Å²) < 4.78 is 0. The third kappa shape index (κ3) is 3.18. The average Bonchev–Trinajstić information content (AvgIpc) is 2.38. The predicted molar refractivity (Wildman–Crippen MR) is 77.9 cm³/mol. The second-order valence-electron chi connectivity index (χ2n) is 5.86. The van der Waals surface area contributed by atoms with E-state index in [-0.39, 0.29) is 10.6 Å². The summed E-state index contributed by atoms with van der Waals surface area (Å²) in [6, 6.07) is 4.97. The maximum atomic E-state index is 10.8. The summed E-state index contributed by atoms with van der Waals surface area (Å²) in [4.78, 5) is 12.7. The first kappa shape index (κ1) is 14.1. The molecule has 0 unspecified atom stereocenters. The van der Waals surface area contributed by atoms with Crippen LogP contribution in [-0.2, 0) is 5.88 Å². The molecule has 0 atom stereocenters. The second kappa shape index (κ2) is 5.37. The molecular weight excluding hydrogens is 264 g/mol. The monoisotopic (exact) mass is 282 g/mol. The van der Waals surface area contributed by atoms with Crippen LogP contribution >= 0.6 is 11.6 Å². The Kier molecular flexibility index (Phi) is 3.99.